The van der Waals surface area contributed by atoms with Crippen LogP contribution < -0.4 is 5.73 Å². The molecule has 104 valence electrons. The fourth-order valence-corrected chi connectivity index (χ4v) is 3.91. The molecule has 4 unspecified atom stereocenters. The molecule has 2 nitrogen and oxygen atoms in total. The third-order valence-electron chi connectivity index (χ3n) is 5.04. The Morgan fingerprint density at radius 3 is 2.95 bits per heavy atom. The van der Waals surface area contributed by atoms with Crippen LogP contribution in [0.25, 0.3) is 0 Å². The molecule has 0 spiro atoms. The maximum Gasteiger partial charge on any atom is 0.0590 e. The number of nitrogens with two attached hydrogens (primary N) is 1. The molecular formula is C17H25NO. The zero-order chi connectivity index (χ0) is 13.2. The smallest absolute Gasteiger partial charge is 0.0590 e. The maximum absolute atomic E-state index is 6.48. The Labute approximate surface area is 116 Å². The Morgan fingerprint density at radius 2 is 2.16 bits per heavy atom. The van der Waals surface area contributed by atoms with Crippen LogP contribution >= 0.6 is 0 Å². The first-order valence-corrected chi connectivity index (χ1v) is 7.70. The van der Waals surface area contributed by atoms with Gasteiger partial charge in [0.25, 0.3) is 0 Å². The van der Waals surface area contributed by atoms with E-state index < -0.39 is 0 Å². The van der Waals surface area contributed by atoms with Crippen molar-refractivity contribution in [3.05, 3.63) is 35.4 Å². The molecule has 4 atom stereocenters. The molecule has 19 heavy (non-hydrogen) atoms. The Morgan fingerprint density at radius 1 is 1.32 bits per heavy atom. The summed E-state index contributed by atoms with van der Waals surface area (Å²) >= 11 is 0. The van der Waals surface area contributed by atoms with E-state index in [-0.39, 0.29) is 6.04 Å². The first-order chi connectivity index (χ1) is 9.25. The molecule has 2 N–H and O–H groups in total. The molecule has 0 radical (unpaired) electrons. The van der Waals surface area contributed by atoms with Crippen molar-refractivity contribution in [1.29, 1.82) is 0 Å². The average Bonchev–Trinajstić information content (AvgIpc) is 2.85. The van der Waals surface area contributed by atoms with Crippen LogP contribution in [0.2, 0.25) is 0 Å². The van der Waals surface area contributed by atoms with Crippen molar-refractivity contribution >= 4 is 0 Å². The number of rotatable bonds is 3. The molecule has 1 aromatic carbocycles. The minimum absolute atomic E-state index is 0.286. The van der Waals surface area contributed by atoms with Crippen molar-refractivity contribution in [1.82, 2.24) is 0 Å². The lowest BCUT2D eigenvalue weighted by molar-refractivity contribution is 0.0977. The largest absolute Gasteiger partial charge is 0.378 e. The van der Waals surface area contributed by atoms with Gasteiger partial charge in [-0.25, -0.2) is 0 Å². The van der Waals surface area contributed by atoms with E-state index in [2.05, 4.69) is 31.2 Å². The predicted octanol–water partition coefficient (Wildman–Crippen LogP) is 3.25. The van der Waals surface area contributed by atoms with Gasteiger partial charge in [-0.3, -0.25) is 0 Å². The molecule has 2 aliphatic rings. The highest BCUT2D eigenvalue weighted by atomic mass is 16.5. The standard InChI is InChI=1S/C17H25NO/c1-12-15(9-10-19-12)17(18)11-14-7-4-6-13-5-2-3-8-16(13)14/h2-3,5,8,12,14-15,17H,4,6-7,9-11,18H2,1H3. The van der Waals surface area contributed by atoms with Gasteiger partial charge in [0.05, 0.1) is 6.10 Å². The van der Waals surface area contributed by atoms with Gasteiger partial charge in [0, 0.05) is 18.6 Å². The molecule has 0 amide bonds. The van der Waals surface area contributed by atoms with Crippen molar-refractivity contribution in [2.45, 2.75) is 57.1 Å². The number of fused-ring (bicyclic) bond motifs is 1. The lowest BCUT2D eigenvalue weighted by Gasteiger charge is -2.30. The van der Waals surface area contributed by atoms with Gasteiger partial charge < -0.3 is 10.5 Å². The zero-order valence-corrected chi connectivity index (χ0v) is 11.8. The van der Waals surface area contributed by atoms with Crippen LogP contribution in [0.5, 0.6) is 0 Å². The SMILES string of the molecule is CC1OCCC1C(N)CC1CCCc2ccccc21. The molecule has 0 bridgehead atoms. The summed E-state index contributed by atoms with van der Waals surface area (Å²) in [5.74, 6) is 1.21. The molecule has 1 aromatic rings. The Balaban J connectivity index is 1.70. The van der Waals surface area contributed by atoms with E-state index >= 15 is 0 Å². The van der Waals surface area contributed by atoms with Crippen LogP contribution in [0, 0.1) is 5.92 Å². The zero-order valence-electron chi connectivity index (χ0n) is 11.8. The minimum Gasteiger partial charge on any atom is -0.378 e. The molecular weight excluding hydrogens is 234 g/mol. The summed E-state index contributed by atoms with van der Waals surface area (Å²) in [6.07, 6.45) is 6.45. The van der Waals surface area contributed by atoms with Crippen molar-refractivity contribution in [3.63, 3.8) is 0 Å². The van der Waals surface area contributed by atoms with E-state index in [1.165, 1.54) is 19.3 Å². The van der Waals surface area contributed by atoms with Crippen molar-refractivity contribution in [2.75, 3.05) is 6.61 Å². The van der Waals surface area contributed by atoms with Gasteiger partial charge in [0.15, 0.2) is 0 Å². The van der Waals surface area contributed by atoms with Crippen LogP contribution in [0.15, 0.2) is 24.3 Å². The fourth-order valence-electron chi connectivity index (χ4n) is 3.91. The summed E-state index contributed by atoms with van der Waals surface area (Å²) in [4.78, 5) is 0. The lowest BCUT2D eigenvalue weighted by Crippen LogP contribution is -2.36. The van der Waals surface area contributed by atoms with Gasteiger partial charge in [0.1, 0.15) is 0 Å². The maximum atomic E-state index is 6.48. The Hall–Kier alpha value is -0.860. The molecule has 1 saturated heterocycles. The summed E-state index contributed by atoms with van der Waals surface area (Å²) in [5, 5.41) is 0. The second kappa shape index (κ2) is 5.64. The van der Waals surface area contributed by atoms with Crippen LogP contribution in [-0.2, 0) is 11.2 Å². The van der Waals surface area contributed by atoms with E-state index in [1.54, 1.807) is 11.1 Å². The van der Waals surface area contributed by atoms with E-state index in [1.807, 2.05) is 0 Å². The summed E-state index contributed by atoms with van der Waals surface area (Å²) in [6.45, 7) is 3.06. The molecule has 2 heteroatoms. The average molecular weight is 259 g/mol. The third-order valence-corrected chi connectivity index (χ3v) is 5.04. The molecule has 1 aliphatic heterocycles. The summed E-state index contributed by atoms with van der Waals surface area (Å²) < 4.78 is 5.67. The Kier molecular flexibility index (Phi) is 3.90. The number of aryl methyl sites for hydroxylation is 1. The monoisotopic (exact) mass is 259 g/mol. The second-order valence-corrected chi connectivity index (χ2v) is 6.22. The normalized spacial score (nSPS) is 32.0. The lowest BCUT2D eigenvalue weighted by atomic mass is 9.77. The predicted molar refractivity (Wildman–Crippen MR) is 78.2 cm³/mol. The first kappa shape index (κ1) is 13.1. The fraction of sp³-hybridized carbons (Fsp3) is 0.647. The molecule has 0 saturated carbocycles. The van der Waals surface area contributed by atoms with E-state index in [9.17, 15) is 0 Å². The Bertz CT molecular complexity index is 431. The van der Waals surface area contributed by atoms with Crippen molar-refractivity contribution in [3.8, 4) is 0 Å². The van der Waals surface area contributed by atoms with Gasteiger partial charge in [-0.15, -0.1) is 0 Å². The highest BCUT2D eigenvalue weighted by Crippen LogP contribution is 2.36. The van der Waals surface area contributed by atoms with Crippen molar-refractivity contribution < 1.29 is 4.74 Å². The number of hydrogen-bond donors (Lipinski definition) is 1. The van der Waals surface area contributed by atoms with Gasteiger partial charge >= 0.3 is 0 Å². The van der Waals surface area contributed by atoms with E-state index in [0.29, 0.717) is 17.9 Å². The van der Waals surface area contributed by atoms with Crippen LogP contribution in [0.4, 0.5) is 0 Å². The van der Waals surface area contributed by atoms with Gasteiger partial charge in [-0.1, -0.05) is 24.3 Å². The summed E-state index contributed by atoms with van der Waals surface area (Å²) in [7, 11) is 0. The molecule has 0 aromatic heterocycles. The number of ether oxygens (including phenoxy) is 1. The summed E-state index contributed by atoms with van der Waals surface area (Å²) in [6, 6.07) is 9.21. The highest BCUT2D eigenvalue weighted by molar-refractivity contribution is 5.32. The van der Waals surface area contributed by atoms with Crippen molar-refractivity contribution in [2.24, 2.45) is 11.7 Å². The first-order valence-electron chi connectivity index (χ1n) is 7.70. The number of hydrogen-bond acceptors (Lipinski definition) is 2. The van der Waals surface area contributed by atoms with E-state index in [4.69, 9.17) is 10.5 Å². The molecule has 1 fully saturated rings. The van der Waals surface area contributed by atoms with Gasteiger partial charge in [-0.05, 0) is 56.1 Å². The van der Waals surface area contributed by atoms with Gasteiger partial charge in [-0.2, -0.15) is 0 Å². The summed E-state index contributed by atoms with van der Waals surface area (Å²) in [5.41, 5.74) is 9.57. The quantitative estimate of drug-likeness (QED) is 0.904. The number of benzene rings is 1. The molecule has 3 rings (SSSR count). The molecule has 1 heterocycles. The van der Waals surface area contributed by atoms with E-state index in [0.717, 1.165) is 19.4 Å². The van der Waals surface area contributed by atoms with Crippen LogP contribution in [-0.4, -0.2) is 18.8 Å². The van der Waals surface area contributed by atoms with Crippen LogP contribution in [0.3, 0.4) is 0 Å². The highest BCUT2D eigenvalue weighted by Gasteiger charge is 2.32. The topological polar surface area (TPSA) is 35.2 Å². The second-order valence-electron chi connectivity index (χ2n) is 6.22. The molecule has 1 aliphatic carbocycles. The van der Waals surface area contributed by atoms with Gasteiger partial charge in [0.2, 0.25) is 0 Å². The third kappa shape index (κ3) is 2.70. The van der Waals surface area contributed by atoms with Crippen LogP contribution in [0.1, 0.15) is 49.7 Å². The minimum atomic E-state index is 0.286.